The molecule has 0 bridgehead atoms. The van der Waals surface area contributed by atoms with Crippen molar-refractivity contribution in [2.24, 2.45) is 0 Å². The molecule has 9 heteroatoms. The van der Waals surface area contributed by atoms with E-state index in [2.05, 4.69) is 10.3 Å². The van der Waals surface area contributed by atoms with Gasteiger partial charge in [0.1, 0.15) is 11.4 Å². The van der Waals surface area contributed by atoms with Gasteiger partial charge in [0.2, 0.25) is 0 Å². The number of hydrogen-bond acceptors (Lipinski definition) is 3. The number of carbonyl (C=O) groups is 1. The van der Waals surface area contributed by atoms with Crippen LogP contribution in [0.2, 0.25) is 0 Å². The number of aromatic nitrogens is 2. The average molecular weight is 420 g/mol. The summed E-state index contributed by atoms with van der Waals surface area (Å²) in [4.78, 5) is 16.1. The minimum absolute atomic E-state index is 0.0274. The van der Waals surface area contributed by atoms with Crippen LogP contribution >= 0.6 is 11.6 Å². The van der Waals surface area contributed by atoms with Crippen LogP contribution in [0.5, 0.6) is 0 Å². The molecule has 0 aliphatic rings. The third-order valence-electron chi connectivity index (χ3n) is 3.94. The van der Waals surface area contributed by atoms with Crippen LogP contribution in [0.3, 0.4) is 0 Å². The van der Waals surface area contributed by atoms with Crippen molar-refractivity contribution in [2.75, 3.05) is 6.54 Å². The molecular weight excluding hydrogens is 395 g/mol. The third-order valence-corrected chi connectivity index (χ3v) is 4.17. The summed E-state index contributed by atoms with van der Waals surface area (Å²) >= 11 is 5.92. The minimum atomic E-state index is -4.17. The molecule has 0 atom stereocenters. The Bertz CT molecular complexity index is 813. The number of fused-ring (bicyclic) bond motifs is 1. The maximum Gasteiger partial charge on any atom is 0.407 e. The van der Waals surface area contributed by atoms with Gasteiger partial charge in [-0.15, -0.1) is 11.6 Å². The summed E-state index contributed by atoms with van der Waals surface area (Å²) in [6, 6.07) is 5.57. The molecule has 1 aromatic carbocycles. The molecule has 1 amide bonds. The first-order chi connectivity index (χ1) is 13.0. The number of nitrogens with zero attached hydrogens (tertiary/aromatic N) is 2. The number of rotatable bonds is 7. The van der Waals surface area contributed by atoms with Crippen LogP contribution in [0, 0.1) is 0 Å². The second kappa shape index (κ2) is 9.03. The predicted molar refractivity (Wildman–Crippen MR) is 103 cm³/mol. The van der Waals surface area contributed by atoms with Crippen LogP contribution < -0.4 is 5.32 Å². The van der Waals surface area contributed by atoms with Crippen molar-refractivity contribution in [3.05, 3.63) is 29.6 Å². The lowest BCUT2D eigenvalue weighted by Gasteiger charge is -2.19. The molecule has 0 unspecified atom stereocenters. The van der Waals surface area contributed by atoms with E-state index in [0.29, 0.717) is 24.3 Å². The largest absolute Gasteiger partial charge is 0.444 e. The van der Waals surface area contributed by atoms with Gasteiger partial charge in [-0.05, 0) is 51.3 Å². The second-order valence-corrected chi connectivity index (χ2v) is 7.80. The highest BCUT2D eigenvalue weighted by molar-refractivity contribution is 6.16. The summed E-state index contributed by atoms with van der Waals surface area (Å²) in [6.45, 7) is 5.98. The average Bonchev–Trinajstić information content (AvgIpc) is 2.89. The molecule has 28 heavy (non-hydrogen) atoms. The van der Waals surface area contributed by atoms with Gasteiger partial charge in [-0.2, -0.15) is 13.2 Å². The molecule has 1 heterocycles. The van der Waals surface area contributed by atoms with E-state index in [9.17, 15) is 18.0 Å². The molecule has 1 aromatic heterocycles. The molecule has 0 fully saturated rings. The Morgan fingerprint density at radius 1 is 1.29 bits per heavy atom. The lowest BCUT2D eigenvalue weighted by molar-refractivity contribution is -0.135. The highest BCUT2D eigenvalue weighted by Crippen LogP contribution is 2.24. The molecule has 0 saturated carbocycles. The number of nitrogens with one attached hydrogen (secondary N) is 1. The van der Waals surface area contributed by atoms with Crippen LogP contribution in [-0.4, -0.2) is 34.0 Å². The van der Waals surface area contributed by atoms with E-state index in [-0.39, 0.29) is 18.8 Å². The number of imidazole rings is 1. The van der Waals surface area contributed by atoms with E-state index < -0.39 is 24.3 Å². The Hall–Kier alpha value is -1.96. The normalized spacial score (nSPS) is 12.4. The van der Waals surface area contributed by atoms with Gasteiger partial charge >= 0.3 is 12.3 Å². The van der Waals surface area contributed by atoms with Crippen molar-refractivity contribution in [1.29, 1.82) is 0 Å². The highest BCUT2D eigenvalue weighted by Gasteiger charge is 2.26. The molecule has 2 rings (SSSR count). The number of ether oxygens (including phenoxy) is 1. The molecule has 5 nitrogen and oxygen atoms in total. The summed E-state index contributed by atoms with van der Waals surface area (Å²) in [7, 11) is 0. The lowest BCUT2D eigenvalue weighted by atomic mass is 10.1. The van der Waals surface area contributed by atoms with Crippen LogP contribution in [0.1, 0.15) is 45.0 Å². The number of halogens is 4. The quantitative estimate of drug-likeness (QED) is 0.629. The zero-order chi connectivity index (χ0) is 20.9. The predicted octanol–water partition coefficient (Wildman–Crippen LogP) is 5.18. The van der Waals surface area contributed by atoms with Gasteiger partial charge in [0, 0.05) is 19.5 Å². The molecule has 0 saturated heterocycles. The lowest BCUT2D eigenvalue weighted by Crippen LogP contribution is -2.33. The minimum Gasteiger partial charge on any atom is -0.444 e. The van der Waals surface area contributed by atoms with Crippen LogP contribution in [0.15, 0.2) is 18.2 Å². The smallest absolute Gasteiger partial charge is 0.407 e. The molecular formula is C19H25ClF3N3O2. The summed E-state index contributed by atoms with van der Waals surface area (Å²) in [5.74, 6) is 0.666. The Morgan fingerprint density at radius 3 is 2.61 bits per heavy atom. The van der Waals surface area contributed by atoms with Gasteiger partial charge < -0.3 is 14.6 Å². The van der Waals surface area contributed by atoms with E-state index in [1.165, 1.54) is 0 Å². The summed E-state index contributed by atoms with van der Waals surface area (Å²) < 4.78 is 44.1. The summed E-state index contributed by atoms with van der Waals surface area (Å²) in [5.41, 5.74) is 1.82. The van der Waals surface area contributed by atoms with Gasteiger partial charge in [-0.3, -0.25) is 0 Å². The summed E-state index contributed by atoms with van der Waals surface area (Å²) in [6.07, 6.45) is -4.95. The Balaban J connectivity index is 2.02. The molecule has 156 valence electrons. The molecule has 0 aliphatic heterocycles. The van der Waals surface area contributed by atoms with Crippen molar-refractivity contribution in [2.45, 2.75) is 64.2 Å². The second-order valence-electron chi connectivity index (χ2n) is 7.53. The molecule has 0 aliphatic carbocycles. The first kappa shape index (κ1) is 22.3. The topological polar surface area (TPSA) is 56.1 Å². The molecule has 0 spiro atoms. The number of carbonyl (C=O) groups excluding carboxylic acids is 1. The number of alkyl halides is 4. The van der Waals surface area contributed by atoms with Crippen molar-refractivity contribution in [3.8, 4) is 0 Å². The standard InChI is InChI=1S/C19H25ClF3N3O2/c1-18(2,3)28-17(27)24-9-7-13-5-6-15-14(11-13)25-16(12-20)26(15)10-4-8-19(21,22)23/h5-6,11H,4,7-10,12H2,1-3H3,(H,24,27). The SMILES string of the molecule is CC(C)(C)OC(=O)NCCc1ccc2c(c1)nc(CCl)n2CCCC(F)(F)F. The van der Waals surface area contributed by atoms with E-state index in [1.54, 1.807) is 25.3 Å². The van der Waals surface area contributed by atoms with Gasteiger partial charge in [-0.1, -0.05) is 6.07 Å². The van der Waals surface area contributed by atoms with Crippen molar-refractivity contribution in [1.82, 2.24) is 14.9 Å². The highest BCUT2D eigenvalue weighted by atomic mass is 35.5. The van der Waals surface area contributed by atoms with Gasteiger partial charge in [0.15, 0.2) is 0 Å². The van der Waals surface area contributed by atoms with Gasteiger partial charge in [0.25, 0.3) is 0 Å². The number of benzene rings is 1. The maximum atomic E-state index is 12.4. The third kappa shape index (κ3) is 6.89. The Labute approximate surface area is 167 Å². The monoisotopic (exact) mass is 419 g/mol. The van der Waals surface area contributed by atoms with Crippen molar-refractivity contribution >= 4 is 28.7 Å². The van der Waals surface area contributed by atoms with E-state index in [4.69, 9.17) is 16.3 Å². The van der Waals surface area contributed by atoms with Crippen LogP contribution in [0.4, 0.5) is 18.0 Å². The van der Waals surface area contributed by atoms with E-state index >= 15 is 0 Å². The number of alkyl carbamates (subject to hydrolysis) is 1. The summed E-state index contributed by atoms with van der Waals surface area (Å²) in [5, 5.41) is 2.69. The van der Waals surface area contributed by atoms with E-state index in [0.717, 1.165) is 11.1 Å². The number of aryl methyl sites for hydroxylation is 1. The van der Waals surface area contributed by atoms with Crippen LogP contribution in [0.25, 0.3) is 11.0 Å². The fourth-order valence-electron chi connectivity index (χ4n) is 2.79. The zero-order valence-electron chi connectivity index (χ0n) is 16.2. The fourth-order valence-corrected chi connectivity index (χ4v) is 3.00. The van der Waals surface area contributed by atoms with Crippen LogP contribution in [-0.2, 0) is 23.6 Å². The van der Waals surface area contributed by atoms with Gasteiger partial charge in [-0.25, -0.2) is 9.78 Å². The molecule has 2 aromatic rings. The number of amides is 1. The Kier molecular flexibility index (Phi) is 7.20. The van der Waals surface area contributed by atoms with Crippen molar-refractivity contribution in [3.63, 3.8) is 0 Å². The zero-order valence-corrected chi connectivity index (χ0v) is 17.0. The van der Waals surface area contributed by atoms with E-state index in [1.807, 2.05) is 18.2 Å². The first-order valence-electron chi connectivity index (χ1n) is 9.06. The molecule has 0 radical (unpaired) electrons. The van der Waals surface area contributed by atoms with Crippen molar-refractivity contribution < 1.29 is 22.7 Å². The van der Waals surface area contributed by atoms with Gasteiger partial charge in [0.05, 0.1) is 16.9 Å². The molecule has 1 N–H and O–H groups in total. The fraction of sp³-hybridized carbons (Fsp3) is 0.579. The maximum absolute atomic E-state index is 12.4. The Morgan fingerprint density at radius 2 is 2.00 bits per heavy atom. The first-order valence-corrected chi connectivity index (χ1v) is 9.59. The number of hydrogen-bond donors (Lipinski definition) is 1.